The van der Waals surface area contributed by atoms with Gasteiger partial charge in [-0.3, -0.25) is 14.5 Å². The fourth-order valence-electron chi connectivity index (χ4n) is 1.96. The Hall–Kier alpha value is -1.66. The first-order chi connectivity index (χ1) is 8.84. The number of carbonyl (C=O) groups excluding carboxylic acids is 2. The van der Waals surface area contributed by atoms with Gasteiger partial charge in [-0.15, -0.1) is 0 Å². The van der Waals surface area contributed by atoms with Gasteiger partial charge >= 0.3 is 0 Å². The molecule has 6 nitrogen and oxygen atoms in total. The van der Waals surface area contributed by atoms with Crippen molar-refractivity contribution in [1.29, 1.82) is 0 Å². The van der Waals surface area contributed by atoms with Crippen LogP contribution < -0.4 is 5.73 Å². The molecular weight excluding hydrogens is 268 g/mol. The van der Waals surface area contributed by atoms with Crippen molar-refractivity contribution < 1.29 is 9.59 Å². The number of halogens is 1. The number of aryl methyl sites for hydroxylation is 1. The fraction of sp³-hybridized carbons (Fsp3) is 0.417. The Balaban J connectivity index is 2.44. The van der Waals surface area contributed by atoms with Crippen molar-refractivity contribution in [1.82, 2.24) is 14.8 Å². The number of rotatable bonds is 3. The van der Waals surface area contributed by atoms with Gasteiger partial charge in [-0.05, 0) is 21.0 Å². The SMILES string of the molecule is Cc1nc(Cl)c2c(c1N)C(=O)N(CCN(C)C)C2=O. The summed E-state index contributed by atoms with van der Waals surface area (Å²) in [5.74, 6) is -0.821. The van der Waals surface area contributed by atoms with E-state index in [0.717, 1.165) is 4.90 Å². The first kappa shape index (κ1) is 13.8. The Labute approximate surface area is 116 Å². The molecule has 19 heavy (non-hydrogen) atoms. The van der Waals surface area contributed by atoms with Crippen LogP contribution in [0.25, 0.3) is 0 Å². The number of hydrogen-bond acceptors (Lipinski definition) is 5. The van der Waals surface area contributed by atoms with Gasteiger partial charge in [0.2, 0.25) is 0 Å². The Kier molecular flexibility index (Phi) is 3.47. The highest BCUT2D eigenvalue weighted by Gasteiger charge is 2.40. The molecule has 1 aliphatic rings. The third-order valence-electron chi connectivity index (χ3n) is 3.07. The summed E-state index contributed by atoms with van der Waals surface area (Å²) in [6, 6.07) is 0. The van der Waals surface area contributed by atoms with Crippen LogP contribution in [-0.4, -0.2) is 53.8 Å². The van der Waals surface area contributed by atoms with Gasteiger partial charge in [0.1, 0.15) is 5.15 Å². The van der Waals surface area contributed by atoms with Crippen LogP contribution in [0.3, 0.4) is 0 Å². The normalized spacial score (nSPS) is 14.5. The molecule has 7 heteroatoms. The first-order valence-electron chi connectivity index (χ1n) is 5.81. The molecule has 0 atom stereocenters. The molecule has 1 aliphatic heterocycles. The monoisotopic (exact) mass is 282 g/mol. The second-order valence-corrected chi connectivity index (χ2v) is 5.07. The van der Waals surface area contributed by atoms with Gasteiger partial charge in [-0.25, -0.2) is 4.98 Å². The van der Waals surface area contributed by atoms with Crippen molar-refractivity contribution in [2.75, 3.05) is 32.9 Å². The summed E-state index contributed by atoms with van der Waals surface area (Å²) in [4.78, 5) is 31.5. The molecule has 0 aromatic carbocycles. The van der Waals surface area contributed by atoms with Gasteiger partial charge < -0.3 is 10.6 Å². The van der Waals surface area contributed by atoms with E-state index in [9.17, 15) is 9.59 Å². The minimum absolute atomic E-state index is 0.0346. The topological polar surface area (TPSA) is 79.5 Å². The zero-order valence-corrected chi connectivity index (χ0v) is 11.8. The first-order valence-corrected chi connectivity index (χ1v) is 6.19. The Morgan fingerprint density at radius 1 is 1.26 bits per heavy atom. The summed E-state index contributed by atoms with van der Waals surface area (Å²) in [5, 5.41) is 0.0346. The summed E-state index contributed by atoms with van der Waals surface area (Å²) in [5.41, 5.74) is 6.83. The minimum Gasteiger partial charge on any atom is -0.397 e. The molecule has 1 aromatic rings. The van der Waals surface area contributed by atoms with Crippen LogP contribution in [0.5, 0.6) is 0 Å². The van der Waals surface area contributed by atoms with E-state index in [-0.39, 0.29) is 22.0 Å². The van der Waals surface area contributed by atoms with Crippen LogP contribution in [0.1, 0.15) is 26.4 Å². The number of fused-ring (bicyclic) bond motifs is 1. The lowest BCUT2D eigenvalue weighted by molar-refractivity contribution is 0.0645. The van der Waals surface area contributed by atoms with E-state index in [2.05, 4.69) is 4.98 Å². The number of nitrogens with two attached hydrogens (primary N) is 1. The average Bonchev–Trinajstić information content (AvgIpc) is 2.56. The number of amides is 2. The second-order valence-electron chi connectivity index (χ2n) is 4.72. The smallest absolute Gasteiger partial charge is 0.264 e. The van der Waals surface area contributed by atoms with Crippen molar-refractivity contribution in [3.8, 4) is 0 Å². The molecule has 0 saturated heterocycles. The van der Waals surface area contributed by atoms with Crippen molar-refractivity contribution in [3.05, 3.63) is 22.0 Å². The van der Waals surface area contributed by atoms with Crippen LogP contribution >= 0.6 is 11.6 Å². The van der Waals surface area contributed by atoms with Crippen LogP contribution in [-0.2, 0) is 0 Å². The predicted molar refractivity (Wildman–Crippen MR) is 72.3 cm³/mol. The van der Waals surface area contributed by atoms with Gasteiger partial charge in [-0.2, -0.15) is 0 Å². The van der Waals surface area contributed by atoms with Gasteiger partial charge in [0.15, 0.2) is 0 Å². The fourth-order valence-corrected chi connectivity index (χ4v) is 2.27. The van der Waals surface area contributed by atoms with Crippen molar-refractivity contribution in [2.24, 2.45) is 0 Å². The Morgan fingerprint density at radius 3 is 2.42 bits per heavy atom. The maximum Gasteiger partial charge on any atom is 0.264 e. The molecule has 0 radical (unpaired) electrons. The summed E-state index contributed by atoms with van der Waals surface area (Å²) < 4.78 is 0. The highest BCUT2D eigenvalue weighted by Crippen LogP contribution is 2.33. The summed E-state index contributed by atoms with van der Waals surface area (Å²) in [6.07, 6.45) is 0. The van der Waals surface area contributed by atoms with Gasteiger partial charge in [0.25, 0.3) is 11.8 Å². The maximum atomic E-state index is 12.3. The number of aromatic nitrogens is 1. The lowest BCUT2D eigenvalue weighted by Gasteiger charge is -2.16. The summed E-state index contributed by atoms with van der Waals surface area (Å²) in [6.45, 7) is 2.53. The average molecular weight is 283 g/mol. The van der Waals surface area contributed by atoms with Gasteiger partial charge in [-0.1, -0.05) is 11.6 Å². The van der Waals surface area contributed by atoms with Crippen molar-refractivity contribution >= 4 is 29.1 Å². The van der Waals surface area contributed by atoms with E-state index in [1.54, 1.807) is 6.92 Å². The van der Waals surface area contributed by atoms with Crippen LogP contribution in [0, 0.1) is 6.92 Å². The summed E-state index contributed by atoms with van der Waals surface area (Å²) >= 11 is 5.96. The number of hydrogen-bond donors (Lipinski definition) is 1. The van der Waals surface area contributed by atoms with Crippen molar-refractivity contribution in [2.45, 2.75) is 6.92 Å². The zero-order chi connectivity index (χ0) is 14.3. The Bertz CT molecular complexity index is 571. The van der Waals surface area contributed by atoms with Crippen LogP contribution in [0.15, 0.2) is 0 Å². The molecule has 0 saturated carbocycles. The molecule has 0 spiro atoms. The molecule has 0 unspecified atom stereocenters. The number of anilines is 1. The number of imide groups is 1. The molecule has 0 bridgehead atoms. The van der Waals surface area contributed by atoms with E-state index >= 15 is 0 Å². The second kappa shape index (κ2) is 4.79. The van der Waals surface area contributed by atoms with E-state index in [4.69, 9.17) is 17.3 Å². The molecule has 102 valence electrons. The Morgan fingerprint density at radius 2 is 1.84 bits per heavy atom. The van der Waals surface area contributed by atoms with Crippen LogP contribution in [0.2, 0.25) is 5.15 Å². The van der Waals surface area contributed by atoms with E-state index in [0.29, 0.717) is 18.8 Å². The number of likely N-dealkylation sites (N-methyl/N-ethyl adjacent to an activating group) is 1. The van der Waals surface area contributed by atoms with Gasteiger partial charge in [0.05, 0.1) is 22.5 Å². The molecule has 2 heterocycles. The lowest BCUT2D eigenvalue weighted by Crippen LogP contribution is -2.36. The van der Waals surface area contributed by atoms with Crippen LogP contribution in [0.4, 0.5) is 5.69 Å². The highest BCUT2D eigenvalue weighted by molar-refractivity contribution is 6.37. The number of carbonyl (C=O) groups is 2. The molecule has 1 aromatic heterocycles. The van der Waals surface area contributed by atoms with E-state index < -0.39 is 11.8 Å². The predicted octanol–water partition coefficient (Wildman–Crippen LogP) is 0.783. The quantitative estimate of drug-likeness (QED) is 0.655. The highest BCUT2D eigenvalue weighted by atomic mass is 35.5. The molecule has 2 rings (SSSR count). The minimum atomic E-state index is -0.425. The summed E-state index contributed by atoms with van der Waals surface area (Å²) in [7, 11) is 3.73. The lowest BCUT2D eigenvalue weighted by atomic mass is 10.1. The number of nitrogens with zero attached hydrogens (tertiary/aromatic N) is 3. The van der Waals surface area contributed by atoms with E-state index in [1.807, 2.05) is 19.0 Å². The largest absolute Gasteiger partial charge is 0.397 e. The standard InChI is InChI=1S/C12H15ClN4O2/c1-6-9(14)7-8(10(13)15-6)12(19)17(11(7)18)5-4-16(2)3/h4-5,14H2,1-3H3. The molecule has 0 fully saturated rings. The third-order valence-corrected chi connectivity index (χ3v) is 3.34. The number of nitrogen functional groups attached to an aromatic ring is 1. The molecule has 0 aliphatic carbocycles. The zero-order valence-electron chi connectivity index (χ0n) is 11.0. The number of pyridine rings is 1. The molecule has 2 amide bonds. The van der Waals surface area contributed by atoms with Gasteiger partial charge in [0, 0.05) is 13.1 Å². The third kappa shape index (κ3) is 2.17. The maximum absolute atomic E-state index is 12.3. The molecular formula is C12H15ClN4O2. The molecule has 2 N–H and O–H groups in total. The van der Waals surface area contributed by atoms with Crippen molar-refractivity contribution in [3.63, 3.8) is 0 Å². The van der Waals surface area contributed by atoms with E-state index in [1.165, 1.54) is 0 Å².